The summed E-state index contributed by atoms with van der Waals surface area (Å²) in [6, 6.07) is 9.78. The lowest BCUT2D eigenvalue weighted by molar-refractivity contribution is -0.136. The highest BCUT2D eigenvalue weighted by Crippen LogP contribution is 2.32. The second-order valence-corrected chi connectivity index (χ2v) is 5.41. The second kappa shape index (κ2) is 6.23. The molecule has 0 unspecified atom stereocenters. The van der Waals surface area contributed by atoms with Crippen molar-refractivity contribution in [1.82, 2.24) is 4.98 Å². The van der Waals surface area contributed by atoms with Crippen LogP contribution in [0.5, 0.6) is 0 Å². The molecule has 6 heteroatoms. The lowest BCUT2D eigenvalue weighted by Crippen LogP contribution is -2.08. The topological polar surface area (TPSA) is 62.2 Å². The maximum atomic E-state index is 13.7. The first kappa shape index (κ1) is 15.9. The highest BCUT2D eigenvalue weighted by Gasteiger charge is 2.16. The highest BCUT2D eigenvalue weighted by atomic mass is 19.1. The Balaban J connectivity index is 2.21. The molecule has 24 heavy (non-hydrogen) atoms. The van der Waals surface area contributed by atoms with E-state index in [0.29, 0.717) is 33.5 Å². The van der Waals surface area contributed by atoms with E-state index in [1.807, 2.05) is 0 Å². The van der Waals surface area contributed by atoms with E-state index in [4.69, 9.17) is 5.11 Å². The maximum Gasteiger partial charge on any atom is 0.307 e. The van der Waals surface area contributed by atoms with Crippen LogP contribution in [0.15, 0.2) is 42.5 Å². The Morgan fingerprint density at radius 2 is 1.79 bits per heavy atom. The number of nitrogens with one attached hydrogen (secondary N) is 1. The van der Waals surface area contributed by atoms with Gasteiger partial charge in [-0.1, -0.05) is 0 Å². The summed E-state index contributed by atoms with van der Waals surface area (Å²) in [5.41, 5.74) is 2.59. The van der Waals surface area contributed by atoms with Gasteiger partial charge in [-0.3, -0.25) is 9.78 Å². The van der Waals surface area contributed by atoms with Crippen molar-refractivity contribution in [2.24, 2.45) is 0 Å². The van der Waals surface area contributed by atoms with E-state index in [0.717, 1.165) is 0 Å². The molecule has 1 aromatic heterocycles. The zero-order chi connectivity index (χ0) is 17.3. The van der Waals surface area contributed by atoms with Crippen molar-refractivity contribution < 1.29 is 18.7 Å². The number of carboxylic acids is 1. The summed E-state index contributed by atoms with van der Waals surface area (Å²) >= 11 is 0. The Labute approximate surface area is 136 Å². The number of fused-ring (bicyclic) bond motifs is 1. The first-order chi connectivity index (χ1) is 11.4. The van der Waals surface area contributed by atoms with Crippen molar-refractivity contribution in [1.29, 1.82) is 0 Å². The minimum absolute atomic E-state index is 0.255. The number of hydrogen-bond donors (Lipinski definition) is 2. The van der Waals surface area contributed by atoms with Gasteiger partial charge in [0.15, 0.2) is 0 Å². The number of benzene rings is 2. The van der Waals surface area contributed by atoms with E-state index in [1.165, 1.54) is 42.5 Å². The Bertz CT molecular complexity index is 924. The second-order valence-electron chi connectivity index (χ2n) is 5.41. The first-order valence-electron chi connectivity index (χ1n) is 7.27. The summed E-state index contributed by atoms with van der Waals surface area (Å²) < 4.78 is 26.8. The van der Waals surface area contributed by atoms with Crippen LogP contribution >= 0.6 is 0 Å². The highest BCUT2D eigenvalue weighted by molar-refractivity contribution is 5.96. The SMILES string of the molecule is Cc1nc2ccc(F)cc2c(Nc2ccc(F)cc2)c1CC(=O)O. The van der Waals surface area contributed by atoms with E-state index in [9.17, 15) is 13.6 Å². The Morgan fingerprint density at radius 3 is 2.46 bits per heavy atom. The zero-order valence-corrected chi connectivity index (χ0v) is 12.8. The third-order valence-corrected chi connectivity index (χ3v) is 3.70. The number of carboxylic acid groups (broad SMARTS) is 1. The number of hydrogen-bond acceptors (Lipinski definition) is 3. The minimum Gasteiger partial charge on any atom is -0.481 e. The predicted octanol–water partition coefficient (Wildman–Crippen LogP) is 4.19. The Morgan fingerprint density at radius 1 is 1.12 bits per heavy atom. The van der Waals surface area contributed by atoms with Crippen molar-refractivity contribution in [3.63, 3.8) is 0 Å². The minimum atomic E-state index is -1.02. The first-order valence-corrected chi connectivity index (χ1v) is 7.27. The molecular formula is C18H14F2N2O2. The van der Waals surface area contributed by atoms with Gasteiger partial charge in [0, 0.05) is 22.3 Å². The average molecular weight is 328 g/mol. The molecule has 3 rings (SSSR count). The molecule has 0 saturated heterocycles. The number of pyridine rings is 1. The summed E-state index contributed by atoms with van der Waals surface area (Å²) in [6.45, 7) is 1.71. The van der Waals surface area contributed by atoms with Gasteiger partial charge in [0.25, 0.3) is 0 Å². The number of aliphatic carboxylic acids is 1. The van der Waals surface area contributed by atoms with E-state index >= 15 is 0 Å². The summed E-state index contributed by atoms with van der Waals surface area (Å²) in [7, 11) is 0. The standard InChI is InChI=1S/C18H14F2N2O2/c1-10-14(9-17(23)24)18(22-13-5-2-11(19)3-6-13)15-8-12(20)4-7-16(15)21-10/h2-8H,9H2,1H3,(H,21,22)(H,23,24). The molecule has 0 radical (unpaired) electrons. The number of aromatic nitrogens is 1. The predicted molar refractivity (Wildman–Crippen MR) is 87.5 cm³/mol. The molecule has 0 aliphatic rings. The van der Waals surface area contributed by atoms with Gasteiger partial charge in [-0.15, -0.1) is 0 Å². The van der Waals surface area contributed by atoms with E-state index < -0.39 is 11.8 Å². The van der Waals surface area contributed by atoms with Gasteiger partial charge in [0.2, 0.25) is 0 Å². The quantitative estimate of drug-likeness (QED) is 0.754. The smallest absolute Gasteiger partial charge is 0.307 e. The molecule has 0 spiro atoms. The van der Waals surface area contributed by atoms with E-state index in [2.05, 4.69) is 10.3 Å². The van der Waals surface area contributed by atoms with Crippen molar-refractivity contribution in [3.05, 3.63) is 65.4 Å². The Kier molecular flexibility index (Phi) is 4.12. The van der Waals surface area contributed by atoms with Gasteiger partial charge in [-0.2, -0.15) is 0 Å². The fourth-order valence-electron chi connectivity index (χ4n) is 2.59. The van der Waals surface area contributed by atoms with Gasteiger partial charge >= 0.3 is 5.97 Å². The molecule has 0 amide bonds. The summed E-state index contributed by atoms with van der Waals surface area (Å²) in [5, 5.41) is 12.7. The van der Waals surface area contributed by atoms with E-state index in [-0.39, 0.29) is 12.2 Å². The maximum absolute atomic E-state index is 13.7. The molecule has 122 valence electrons. The van der Waals surface area contributed by atoms with Gasteiger partial charge in [-0.25, -0.2) is 8.78 Å². The molecular weight excluding hydrogens is 314 g/mol. The monoisotopic (exact) mass is 328 g/mol. The van der Waals surface area contributed by atoms with Crippen LogP contribution in [0.2, 0.25) is 0 Å². The third kappa shape index (κ3) is 3.17. The lowest BCUT2D eigenvalue weighted by Gasteiger charge is -2.16. The average Bonchev–Trinajstić information content (AvgIpc) is 2.53. The van der Waals surface area contributed by atoms with Crippen LogP contribution in [-0.4, -0.2) is 16.1 Å². The molecule has 0 bridgehead atoms. The van der Waals surface area contributed by atoms with Crippen LogP contribution in [0.25, 0.3) is 10.9 Å². The van der Waals surface area contributed by atoms with E-state index in [1.54, 1.807) is 6.92 Å². The summed E-state index contributed by atoms with van der Waals surface area (Å²) in [6.07, 6.45) is -0.255. The molecule has 0 aliphatic carbocycles. The van der Waals surface area contributed by atoms with Crippen molar-refractivity contribution >= 4 is 28.2 Å². The number of carbonyl (C=O) groups is 1. The fourth-order valence-corrected chi connectivity index (χ4v) is 2.59. The normalized spacial score (nSPS) is 10.8. The molecule has 0 saturated carbocycles. The van der Waals surface area contributed by atoms with Crippen LogP contribution in [-0.2, 0) is 11.2 Å². The molecule has 1 heterocycles. The molecule has 0 fully saturated rings. The van der Waals surface area contributed by atoms with Crippen LogP contribution in [0.1, 0.15) is 11.3 Å². The van der Waals surface area contributed by atoms with Crippen LogP contribution < -0.4 is 5.32 Å². The van der Waals surface area contributed by atoms with Gasteiger partial charge < -0.3 is 10.4 Å². The lowest BCUT2D eigenvalue weighted by atomic mass is 10.0. The molecule has 0 atom stereocenters. The number of nitrogens with zero attached hydrogens (tertiary/aromatic N) is 1. The largest absolute Gasteiger partial charge is 0.481 e. The van der Waals surface area contributed by atoms with Crippen LogP contribution in [0, 0.1) is 18.6 Å². The molecule has 4 nitrogen and oxygen atoms in total. The van der Waals surface area contributed by atoms with Gasteiger partial charge in [0.05, 0.1) is 17.6 Å². The van der Waals surface area contributed by atoms with Gasteiger partial charge in [0.1, 0.15) is 11.6 Å². The number of halogens is 2. The fraction of sp³-hybridized carbons (Fsp3) is 0.111. The van der Waals surface area contributed by atoms with Crippen molar-refractivity contribution in [2.75, 3.05) is 5.32 Å². The molecule has 3 aromatic rings. The zero-order valence-electron chi connectivity index (χ0n) is 12.8. The number of rotatable bonds is 4. The third-order valence-electron chi connectivity index (χ3n) is 3.70. The molecule has 2 aromatic carbocycles. The van der Waals surface area contributed by atoms with Crippen molar-refractivity contribution in [2.45, 2.75) is 13.3 Å². The Hall–Kier alpha value is -3.02. The number of aryl methyl sites for hydroxylation is 1. The van der Waals surface area contributed by atoms with Crippen LogP contribution in [0.4, 0.5) is 20.2 Å². The molecule has 0 aliphatic heterocycles. The van der Waals surface area contributed by atoms with Gasteiger partial charge in [-0.05, 0) is 49.4 Å². The number of anilines is 2. The van der Waals surface area contributed by atoms with Crippen molar-refractivity contribution in [3.8, 4) is 0 Å². The van der Waals surface area contributed by atoms with Crippen LogP contribution in [0.3, 0.4) is 0 Å². The summed E-state index contributed by atoms with van der Waals surface area (Å²) in [5.74, 6) is -1.84. The molecule has 2 N–H and O–H groups in total. The summed E-state index contributed by atoms with van der Waals surface area (Å²) in [4.78, 5) is 15.6.